The number of anilines is 1. The van der Waals surface area contributed by atoms with Crippen molar-refractivity contribution in [3.8, 4) is 5.88 Å². The Hall–Kier alpha value is -1.36. The molecule has 1 aliphatic rings. The normalized spacial score (nSPS) is 16.2. The molecule has 0 saturated carbocycles. The van der Waals surface area contributed by atoms with E-state index in [1.165, 1.54) is 0 Å². The molecule has 0 atom stereocenters. The zero-order valence-corrected chi connectivity index (χ0v) is 9.03. The smallest absolute Gasteiger partial charge is 0.226 e. The molecule has 0 amide bonds. The first-order chi connectivity index (χ1) is 7.24. The molecular formula is C10H16N4O. The molecule has 0 aliphatic carbocycles. The molecular weight excluding hydrogens is 192 g/mol. The van der Waals surface area contributed by atoms with Gasteiger partial charge < -0.3 is 15.4 Å². The molecule has 15 heavy (non-hydrogen) atoms. The molecule has 5 nitrogen and oxygen atoms in total. The topological polar surface area (TPSA) is 59.1 Å². The van der Waals surface area contributed by atoms with Gasteiger partial charge in [-0.15, -0.1) is 0 Å². The summed E-state index contributed by atoms with van der Waals surface area (Å²) in [5.74, 6) is 1.26. The van der Waals surface area contributed by atoms with Crippen molar-refractivity contribution in [2.24, 2.45) is 0 Å². The monoisotopic (exact) mass is 208 g/mol. The number of hydrogen-bond acceptors (Lipinski definition) is 5. The number of nitrogens with zero attached hydrogens (tertiary/aromatic N) is 2. The Labute approximate surface area is 89.3 Å². The Morgan fingerprint density at radius 2 is 2.33 bits per heavy atom. The first-order valence-electron chi connectivity index (χ1n) is 5.21. The van der Waals surface area contributed by atoms with E-state index in [1.807, 2.05) is 13.8 Å². The van der Waals surface area contributed by atoms with Gasteiger partial charge in [-0.2, -0.15) is 4.98 Å². The first kappa shape index (κ1) is 10.2. The fourth-order valence-electron chi connectivity index (χ4n) is 1.29. The molecule has 5 heteroatoms. The summed E-state index contributed by atoms with van der Waals surface area (Å²) in [5.41, 5.74) is 0. The van der Waals surface area contributed by atoms with Crippen LogP contribution >= 0.6 is 0 Å². The summed E-state index contributed by atoms with van der Waals surface area (Å²) in [6.45, 7) is 5.90. The molecule has 1 aromatic heterocycles. The third-order valence-electron chi connectivity index (χ3n) is 2.10. The van der Waals surface area contributed by atoms with Crippen LogP contribution in [0, 0.1) is 0 Å². The van der Waals surface area contributed by atoms with Crippen molar-refractivity contribution in [3.63, 3.8) is 0 Å². The molecule has 1 aromatic rings. The SMILES string of the molecule is CC(C)Oc1ccnc(NC2CNC2)n1. The number of nitrogens with one attached hydrogen (secondary N) is 2. The predicted octanol–water partition coefficient (Wildman–Crippen LogP) is 0.647. The quantitative estimate of drug-likeness (QED) is 0.760. The molecule has 1 saturated heterocycles. The first-order valence-corrected chi connectivity index (χ1v) is 5.21. The van der Waals surface area contributed by atoms with Crippen LogP contribution in [-0.4, -0.2) is 35.2 Å². The van der Waals surface area contributed by atoms with E-state index in [0.29, 0.717) is 17.9 Å². The Kier molecular flexibility index (Phi) is 3.01. The van der Waals surface area contributed by atoms with E-state index < -0.39 is 0 Å². The van der Waals surface area contributed by atoms with Crippen LogP contribution in [0.4, 0.5) is 5.95 Å². The van der Waals surface area contributed by atoms with E-state index in [2.05, 4.69) is 20.6 Å². The highest BCUT2D eigenvalue weighted by Crippen LogP contribution is 2.11. The summed E-state index contributed by atoms with van der Waals surface area (Å²) >= 11 is 0. The van der Waals surface area contributed by atoms with Crippen LogP contribution in [-0.2, 0) is 0 Å². The van der Waals surface area contributed by atoms with Crippen LogP contribution in [0.1, 0.15) is 13.8 Å². The maximum atomic E-state index is 5.48. The Morgan fingerprint density at radius 1 is 1.53 bits per heavy atom. The van der Waals surface area contributed by atoms with Gasteiger partial charge in [0.2, 0.25) is 11.8 Å². The summed E-state index contributed by atoms with van der Waals surface area (Å²) in [7, 11) is 0. The van der Waals surface area contributed by atoms with Gasteiger partial charge in [-0.3, -0.25) is 0 Å². The molecule has 0 aromatic carbocycles. The molecule has 0 unspecified atom stereocenters. The van der Waals surface area contributed by atoms with Crippen LogP contribution in [0.5, 0.6) is 5.88 Å². The third-order valence-corrected chi connectivity index (χ3v) is 2.10. The van der Waals surface area contributed by atoms with Gasteiger partial charge in [0.15, 0.2) is 0 Å². The van der Waals surface area contributed by atoms with Gasteiger partial charge in [0.1, 0.15) is 0 Å². The minimum absolute atomic E-state index is 0.137. The number of ether oxygens (including phenoxy) is 1. The molecule has 1 fully saturated rings. The summed E-state index contributed by atoms with van der Waals surface area (Å²) in [6.07, 6.45) is 1.84. The summed E-state index contributed by atoms with van der Waals surface area (Å²) in [5, 5.41) is 6.41. The fourth-order valence-corrected chi connectivity index (χ4v) is 1.29. The van der Waals surface area contributed by atoms with Crippen LogP contribution < -0.4 is 15.4 Å². The number of hydrogen-bond donors (Lipinski definition) is 2. The molecule has 0 bridgehead atoms. The van der Waals surface area contributed by atoms with Gasteiger partial charge >= 0.3 is 0 Å². The lowest BCUT2D eigenvalue weighted by atomic mass is 10.2. The maximum absolute atomic E-state index is 5.48. The van der Waals surface area contributed by atoms with Crippen LogP contribution in [0.2, 0.25) is 0 Å². The molecule has 1 aliphatic heterocycles. The maximum Gasteiger partial charge on any atom is 0.226 e. The minimum Gasteiger partial charge on any atom is -0.475 e. The van der Waals surface area contributed by atoms with Crippen molar-refractivity contribution in [1.29, 1.82) is 0 Å². The van der Waals surface area contributed by atoms with E-state index in [4.69, 9.17) is 4.74 Å². The van der Waals surface area contributed by atoms with Crippen molar-refractivity contribution in [2.75, 3.05) is 18.4 Å². The third kappa shape index (κ3) is 2.79. The van der Waals surface area contributed by atoms with E-state index in [9.17, 15) is 0 Å². The summed E-state index contributed by atoms with van der Waals surface area (Å²) in [4.78, 5) is 8.40. The van der Waals surface area contributed by atoms with Gasteiger partial charge in [0, 0.05) is 25.4 Å². The van der Waals surface area contributed by atoms with E-state index in [0.717, 1.165) is 13.1 Å². The lowest BCUT2D eigenvalue weighted by molar-refractivity contribution is 0.232. The van der Waals surface area contributed by atoms with E-state index in [1.54, 1.807) is 12.3 Å². The van der Waals surface area contributed by atoms with Gasteiger partial charge in [-0.05, 0) is 13.8 Å². The Morgan fingerprint density at radius 3 is 2.93 bits per heavy atom. The average Bonchev–Trinajstić information content (AvgIpc) is 2.11. The second kappa shape index (κ2) is 4.44. The van der Waals surface area contributed by atoms with Gasteiger partial charge in [0.05, 0.1) is 12.1 Å². The second-order valence-electron chi connectivity index (χ2n) is 3.88. The van der Waals surface area contributed by atoms with Crippen molar-refractivity contribution in [2.45, 2.75) is 26.0 Å². The standard InChI is InChI=1S/C10H16N4O/c1-7(2)15-9-3-4-12-10(14-9)13-8-5-11-6-8/h3-4,7-8,11H,5-6H2,1-2H3,(H,12,13,14). The van der Waals surface area contributed by atoms with Crippen molar-refractivity contribution < 1.29 is 4.74 Å². The second-order valence-corrected chi connectivity index (χ2v) is 3.88. The highest BCUT2D eigenvalue weighted by molar-refractivity contribution is 5.30. The van der Waals surface area contributed by atoms with Gasteiger partial charge in [0.25, 0.3) is 0 Å². The highest BCUT2D eigenvalue weighted by Gasteiger charge is 2.17. The molecule has 2 heterocycles. The zero-order valence-electron chi connectivity index (χ0n) is 9.03. The predicted molar refractivity (Wildman–Crippen MR) is 58.1 cm³/mol. The lowest BCUT2D eigenvalue weighted by Crippen LogP contribution is -2.51. The zero-order chi connectivity index (χ0) is 10.7. The Balaban J connectivity index is 1.98. The average molecular weight is 208 g/mol. The van der Waals surface area contributed by atoms with Crippen LogP contribution in [0.15, 0.2) is 12.3 Å². The lowest BCUT2D eigenvalue weighted by Gasteiger charge is -2.27. The fraction of sp³-hybridized carbons (Fsp3) is 0.600. The summed E-state index contributed by atoms with van der Waals surface area (Å²) < 4.78 is 5.48. The largest absolute Gasteiger partial charge is 0.475 e. The van der Waals surface area contributed by atoms with Gasteiger partial charge in [-0.25, -0.2) is 4.98 Å². The molecule has 0 radical (unpaired) electrons. The minimum atomic E-state index is 0.137. The van der Waals surface area contributed by atoms with Gasteiger partial charge in [-0.1, -0.05) is 0 Å². The van der Waals surface area contributed by atoms with Crippen LogP contribution in [0.3, 0.4) is 0 Å². The van der Waals surface area contributed by atoms with E-state index >= 15 is 0 Å². The Bertz CT molecular complexity index is 325. The van der Waals surface area contributed by atoms with Crippen molar-refractivity contribution >= 4 is 5.95 Å². The van der Waals surface area contributed by atoms with E-state index in [-0.39, 0.29) is 6.10 Å². The molecule has 0 spiro atoms. The van der Waals surface area contributed by atoms with Crippen molar-refractivity contribution in [1.82, 2.24) is 15.3 Å². The van der Waals surface area contributed by atoms with Crippen molar-refractivity contribution in [3.05, 3.63) is 12.3 Å². The van der Waals surface area contributed by atoms with Crippen LogP contribution in [0.25, 0.3) is 0 Å². The summed E-state index contributed by atoms with van der Waals surface area (Å²) in [6, 6.07) is 2.21. The highest BCUT2D eigenvalue weighted by atomic mass is 16.5. The number of rotatable bonds is 4. The molecule has 82 valence electrons. The number of aromatic nitrogens is 2. The molecule has 2 N–H and O–H groups in total. The molecule has 2 rings (SSSR count).